The molecule has 2 aromatic rings. The number of thiazole rings is 1. The summed E-state index contributed by atoms with van der Waals surface area (Å²) >= 11 is 1.65. The van der Waals surface area contributed by atoms with Crippen LogP contribution in [-0.2, 0) is 16.1 Å². The molecule has 4 rings (SSSR count). The SMILES string of the molecule is Cc1nc(Cn2c(C3CCC(=O)N3)nnc2N2CCNC(=O)C2)sc1C. The van der Waals surface area contributed by atoms with Crippen LogP contribution in [0.5, 0.6) is 0 Å². The van der Waals surface area contributed by atoms with Crippen molar-refractivity contribution in [3.05, 3.63) is 21.4 Å². The number of aryl methyl sites for hydroxylation is 2. The van der Waals surface area contributed by atoms with Crippen LogP contribution in [0.15, 0.2) is 0 Å². The molecule has 138 valence electrons. The summed E-state index contributed by atoms with van der Waals surface area (Å²) < 4.78 is 1.99. The van der Waals surface area contributed by atoms with Crippen LogP contribution in [0.2, 0.25) is 0 Å². The summed E-state index contributed by atoms with van der Waals surface area (Å²) in [5, 5.41) is 15.5. The molecule has 9 nitrogen and oxygen atoms in total. The van der Waals surface area contributed by atoms with E-state index in [1.165, 1.54) is 4.88 Å². The van der Waals surface area contributed by atoms with E-state index in [-0.39, 0.29) is 24.4 Å². The monoisotopic (exact) mass is 375 g/mol. The lowest BCUT2D eigenvalue weighted by atomic mass is 10.2. The Morgan fingerprint density at radius 1 is 1.23 bits per heavy atom. The van der Waals surface area contributed by atoms with E-state index in [1.807, 2.05) is 16.4 Å². The maximum Gasteiger partial charge on any atom is 0.239 e. The van der Waals surface area contributed by atoms with Gasteiger partial charge in [0.05, 0.1) is 24.8 Å². The molecule has 0 aromatic carbocycles. The van der Waals surface area contributed by atoms with E-state index in [2.05, 4.69) is 32.7 Å². The van der Waals surface area contributed by atoms with Crippen LogP contribution in [0, 0.1) is 13.8 Å². The first-order chi connectivity index (χ1) is 12.5. The fourth-order valence-electron chi connectivity index (χ4n) is 3.31. The normalized spacial score (nSPS) is 20.4. The van der Waals surface area contributed by atoms with E-state index in [1.54, 1.807) is 11.3 Å². The average Bonchev–Trinajstić information content (AvgIpc) is 3.28. The van der Waals surface area contributed by atoms with Crippen LogP contribution in [0.3, 0.4) is 0 Å². The van der Waals surface area contributed by atoms with E-state index in [9.17, 15) is 9.59 Å². The van der Waals surface area contributed by atoms with Crippen molar-refractivity contribution in [1.82, 2.24) is 30.4 Å². The Morgan fingerprint density at radius 2 is 2.08 bits per heavy atom. The van der Waals surface area contributed by atoms with Gasteiger partial charge in [-0.1, -0.05) is 0 Å². The Hall–Kier alpha value is -2.49. The number of hydrogen-bond donors (Lipinski definition) is 2. The van der Waals surface area contributed by atoms with Crippen molar-refractivity contribution in [3.8, 4) is 0 Å². The van der Waals surface area contributed by atoms with Crippen molar-refractivity contribution in [2.24, 2.45) is 0 Å². The Kier molecular flexibility index (Phi) is 4.35. The van der Waals surface area contributed by atoms with Gasteiger partial charge >= 0.3 is 0 Å². The van der Waals surface area contributed by atoms with E-state index >= 15 is 0 Å². The smallest absolute Gasteiger partial charge is 0.239 e. The number of piperazine rings is 1. The van der Waals surface area contributed by atoms with Gasteiger partial charge in [0.15, 0.2) is 5.82 Å². The Labute approximate surface area is 154 Å². The van der Waals surface area contributed by atoms with Crippen molar-refractivity contribution in [2.45, 2.75) is 39.3 Å². The molecule has 2 fully saturated rings. The van der Waals surface area contributed by atoms with Gasteiger partial charge in [0, 0.05) is 24.4 Å². The highest BCUT2D eigenvalue weighted by Gasteiger charge is 2.31. The van der Waals surface area contributed by atoms with Crippen LogP contribution in [0.1, 0.15) is 40.3 Å². The highest BCUT2D eigenvalue weighted by molar-refractivity contribution is 7.11. The van der Waals surface area contributed by atoms with Crippen LogP contribution in [-0.4, -0.2) is 51.2 Å². The number of hydrogen-bond acceptors (Lipinski definition) is 7. The van der Waals surface area contributed by atoms with Crippen molar-refractivity contribution >= 4 is 29.1 Å². The minimum Gasteiger partial charge on any atom is -0.353 e. The molecule has 0 aliphatic carbocycles. The number of carbonyl (C=O) groups excluding carboxylic acids is 2. The number of amides is 2. The van der Waals surface area contributed by atoms with Gasteiger partial charge in [0.2, 0.25) is 17.8 Å². The van der Waals surface area contributed by atoms with Crippen LogP contribution in [0.4, 0.5) is 5.95 Å². The molecule has 2 N–H and O–H groups in total. The molecule has 2 saturated heterocycles. The first kappa shape index (κ1) is 17.0. The standard InChI is InChI=1S/C16H21N7O2S/c1-9-10(2)26-14(18-9)8-23-15(11-3-4-12(24)19-11)20-21-16(23)22-6-5-17-13(25)7-22/h11H,3-8H2,1-2H3,(H,17,25)(H,19,24). The number of anilines is 1. The van der Waals surface area contributed by atoms with Gasteiger partial charge in [-0.15, -0.1) is 21.5 Å². The maximum atomic E-state index is 11.8. The Balaban J connectivity index is 1.70. The Bertz CT molecular complexity index is 839. The van der Waals surface area contributed by atoms with Crippen LogP contribution >= 0.6 is 11.3 Å². The third-order valence-electron chi connectivity index (χ3n) is 4.75. The zero-order chi connectivity index (χ0) is 18.3. The summed E-state index contributed by atoms with van der Waals surface area (Å²) in [6, 6.07) is -0.149. The minimum atomic E-state index is -0.149. The molecule has 4 heterocycles. The summed E-state index contributed by atoms with van der Waals surface area (Å²) in [6.45, 7) is 6.09. The zero-order valence-corrected chi connectivity index (χ0v) is 15.6. The summed E-state index contributed by atoms with van der Waals surface area (Å²) in [5.74, 6) is 1.38. The number of nitrogens with zero attached hydrogens (tertiary/aromatic N) is 5. The zero-order valence-electron chi connectivity index (χ0n) is 14.8. The molecule has 10 heteroatoms. The van der Waals surface area contributed by atoms with E-state index < -0.39 is 0 Å². The molecular weight excluding hydrogens is 354 g/mol. The molecule has 2 aliphatic rings. The highest BCUT2D eigenvalue weighted by Crippen LogP contribution is 2.28. The van der Waals surface area contributed by atoms with Crippen molar-refractivity contribution in [1.29, 1.82) is 0 Å². The van der Waals surface area contributed by atoms with E-state index in [0.717, 1.165) is 16.5 Å². The number of aromatic nitrogens is 4. The quantitative estimate of drug-likeness (QED) is 0.796. The third kappa shape index (κ3) is 3.16. The summed E-state index contributed by atoms with van der Waals surface area (Å²) in [4.78, 5) is 31.2. The van der Waals surface area contributed by atoms with Gasteiger partial charge in [-0.3, -0.25) is 14.2 Å². The lowest BCUT2D eigenvalue weighted by Gasteiger charge is -2.28. The third-order valence-corrected chi connectivity index (χ3v) is 5.81. The number of carbonyl (C=O) groups is 2. The van der Waals surface area contributed by atoms with E-state index in [0.29, 0.717) is 38.4 Å². The summed E-state index contributed by atoms with van der Waals surface area (Å²) in [5.41, 5.74) is 1.02. The van der Waals surface area contributed by atoms with Gasteiger partial charge in [0.1, 0.15) is 5.01 Å². The Morgan fingerprint density at radius 3 is 2.73 bits per heavy atom. The van der Waals surface area contributed by atoms with Crippen LogP contribution in [0.25, 0.3) is 0 Å². The molecule has 0 radical (unpaired) electrons. The topological polar surface area (TPSA) is 105 Å². The largest absolute Gasteiger partial charge is 0.353 e. The molecule has 26 heavy (non-hydrogen) atoms. The van der Waals surface area contributed by atoms with Gasteiger partial charge in [-0.25, -0.2) is 4.98 Å². The molecule has 1 unspecified atom stereocenters. The first-order valence-corrected chi connectivity index (χ1v) is 9.50. The predicted molar refractivity (Wildman–Crippen MR) is 96.1 cm³/mol. The summed E-state index contributed by atoms with van der Waals surface area (Å²) in [7, 11) is 0. The second-order valence-electron chi connectivity index (χ2n) is 6.62. The second-order valence-corrected chi connectivity index (χ2v) is 7.91. The van der Waals surface area contributed by atoms with Crippen molar-refractivity contribution in [3.63, 3.8) is 0 Å². The molecule has 2 aliphatic heterocycles. The van der Waals surface area contributed by atoms with Gasteiger partial charge in [0.25, 0.3) is 0 Å². The van der Waals surface area contributed by atoms with Crippen molar-refractivity contribution < 1.29 is 9.59 Å². The lowest BCUT2D eigenvalue weighted by Crippen LogP contribution is -2.48. The van der Waals surface area contributed by atoms with Gasteiger partial charge < -0.3 is 15.5 Å². The van der Waals surface area contributed by atoms with E-state index in [4.69, 9.17) is 0 Å². The second kappa shape index (κ2) is 6.67. The molecule has 0 saturated carbocycles. The molecule has 2 amide bonds. The fraction of sp³-hybridized carbons (Fsp3) is 0.562. The molecular formula is C16H21N7O2S. The molecule has 2 aromatic heterocycles. The first-order valence-electron chi connectivity index (χ1n) is 8.68. The maximum absolute atomic E-state index is 11.8. The van der Waals surface area contributed by atoms with Crippen molar-refractivity contribution in [2.75, 3.05) is 24.5 Å². The van der Waals surface area contributed by atoms with Crippen LogP contribution < -0.4 is 15.5 Å². The summed E-state index contributed by atoms with van der Waals surface area (Å²) in [6.07, 6.45) is 1.20. The molecule has 1 atom stereocenters. The average molecular weight is 375 g/mol. The minimum absolute atomic E-state index is 0.0255. The van der Waals surface area contributed by atoms with Gasteiger partial charge in [-0.2, -0.15) is 0 Å². The predicted octanol–water partition coefficient (Wildman–Crippen LogP) is 0.287. The highest BCUT2D eigenvalue weighted by atomic mass is 32.1. The molecule has 0 bridgehead atoms. The lowest BCUT2D eigenvalue weighted by molar-refractivity contribution is -0.120. The number of rotatable bonds is 4. The van der Waals surface area contributed by atoms with Gasteiger partial charge in [-0.05, 0) is 20.3 Å². The fourth-order valence-corrected chi connectivity index (χ4v) is 4.23. The number of nitrogens with one attached hydrogen (secondary N) is 2. The molecule has 0 spiro atoms.